The molecule has 2 heteroatoms. The predicted octanol–water partition coefficient (Wildman–Crippen LogP) is 2.48. The molecule has 19 heavy (non-hydrogen) atoms. The third kappa shape index (κ3) is 1.71. The summed E-state index contributed by atoms with van der Waals surface area (Å²) in [7, 11) is 0. The fourth-order valence-electron chi connectivity index (χ4n) is 3.22. The Bertz CT molecular complexity index is 604. The van der Waals surface area contributed by atoms with Gasteiger partial charge in [0.15, 0.2) is 5.78 Å². The van der Waals surface area contributed by atoms with Crippen LogP contribution in [0.1, 0.15) is 23.1 Å². The quantitative estimate of drug-likeness (QED) is 0.911. The smallest absolute Gasteiger partial charge is 0.173 e. The summed E-state index contributed by atoms with van der Waals surface area (Å²) in [6, 6.07) is 17.9. The zero-order chi connectivity index (χ0) is 13.3. The van der Waals surface area contributed by atoms with Gasteiger partial charge in [-0.1, -0.05) is 54.6 Å². The largest absolute Gasteiger partial charge is 0.389 e. The van der Waals surface area contributed by atoms with Crippen molar-refractivity contribution in [2.75, 3.05) is 6.61 Å². The maximum absolute atomic E-state index is 12.4. The van der Waals surface area contributed by atoms with Crippen LogP contribution in [0, 0.1) is 0 Å². The molecule has 0 spiro atoms. The van der Waals surface area contributed by atoms with Crippen LogP contribution in [0.3, 0.4) is 0 Å². The number of Topliss-reactive ketones (excluding diaryl/α,β-unsaturated/α-hetero) is 1. The van der Waals surface area contributed by atoms with Crippen LogP contribution >= 0.6 is 0 Å². The summed E-state index contributed by atoms with van der Waals surface area (Å²) in [5.74, 6) is -0.108. The summed E-state index contributed by atoms with van der Waals surface area (Å²) in [6.45, 7) is -0.413. The lowest BCUT2D eigenvalue weighted by Crippen LogP contribution is -2.37. The van der Waals surface area contributed by atoms with Crippen LogP contribution in [0.4, 0.5) is 0 Å². The number of fused-ring (bicyclic) bond motifs is 1. The van der Waals surface area contributed by atoms with E-state index in [2.05, 4.69) is 6.07 Å². The molecule has 0 radical (unpaired) electrons. The second-order valence-corrected chi connectivity index (χ2v) is 5.01. The number of carbonyl (C=O) groups is 1. The van der Waals surface area contributed by atoms with Crippen LogP contribution in [0.15, 0.2) is 54.6 Å². The van der Waals surface area contributed by atoms with Gasteiger partial charge in [-0.3, -0.25) is 4.79 Å². The van der Waals surface area contributed by atoms with Crippen molar-refractivity contribution in [3.63, 3.8) is 0 Å². The van der Waals surface area contributed by atoms with Crippen molar-refractivity contribution in [3.05, 3.63) is 71.3 Å². The van der Waals surface area contributed by atoms with Crippen molar-refractivity contribution in [2.45, 2.75) is 18.3 Å². The van der Waals surface area contributed by atoms with E-state index in [1.165, 1.54) is 5.56 Å². The molecule has 0 saturated carbocycles. The highest BCUT2D eigenvalue weighted by Gasteiger charge is 2.45. The van der Waals surface area contributed by atoms with Gasteiger partial charge < -0.3 is 5.11 Å². The molecule has 0 heterocycles. The molecule has 0 saturated heterocycles. The second-order valence-electron chi connectivity index (χ2n) is 5.01. The zero-order valence-electron chi connectivity index (χ0n) is 10.7. The summed E-state index contributed by atoms with van der Waals surface area (Å²) < 4.78 is 0. The lowest BCUT2D eigenvalue weighted by Gasteiger charge is -2.29. The highest BCUT2D eigenvalue weighted by molar-refractivity contribution is 5.95. The number of rotatable bonds is 3. The Morgan fingerprint density at radius 2 is 1.74 bits per heavy atom. The molecule has 3 rings (SSSR count). The highest BCUT2D eigenvalue weighted by atomic mass is 16.3. The van der Waals surface area contributed by atoms with E-state index in [1.54, 1.807) is 0 Å². The van der Waals surface area contributed by atoms with E-state index in [0.717, 1.165) is 24.0 Å². The molecule has 0 amide bonds. The van der Waals surface area contributed by atoms with Gasteiger partial charge in [0.1, 0.15) is 6.61 Å². The van der Waals surface area contributed by atoms with Crippen molar-refractivity contribution in [1.82, 2.24) is 0 Å². The van der Waals surface area contributed by atoms with Gasteiger partial charge in [-0.05, 0) is 29.5 Å². The van der Waals surface area contributed by atoms with Crippen LogP contribution in [-0.2, 0) is 16.6 Å². The van der Waals surface area contributed by atoms with E-state index in [1.807, 2.05) is 48.5 Å². The van der Waals surface area contributed by atoms with Crippen molar-refractivity contribution in [2.24, 2.45) is 0 Å². The Morgan fingerprint density at radius 3 is 2.47 bits per heavy atom. The second kappa shape index (κ2) is 4.63. The van der Waals surface area contributed by atoms with Crippen molar-refractivity contribution in [1.29, 1.82) is 0 Å². The molecule has 1 N–H and O–H groups in total. The van der Waals surface area contributed by atoms with Crippen LogP contribution in [0.2, 0.25) is 0 Å². The van der Waals surface area contributed by atoms with Gasteiger partial charge in [0.2, 0.25) is 0 Å². The van der Waals surface area contributed by atoms with E-state index >= 15 is 0 Å². The Hall–Kier alpha value is -1.93. The van der Waals surface area contributed by atoms with Crippen LogP contribution < -0.4 is 0 Å². The minimum absolute atomic E-state index is 0.108. The molecule has 1 aliphatic carbocycles. The van der Waals surface area contributed by atoms with E-state index in [0.29, 0.717) is 0 Å². The number of hydrogen-bond donors (Lipinski definition) is 1. The monoisotopic (exact) mass is 252 g/mol. The first-order valence-electron chi connectivity index (χ1n) is 6.57. The average Bonchev–Trinajstić information content (AvgIpc) is 2.88. The number of aliphatic hydroxyl groups is 1. The molecular weight excluding hydrogens is 236 g/mol. The summed E-state index contributed by atoms with van der Waals surface area (Å²) in [5.41, 5.74) is 2.60. The van der Waals surface area contributed by atoms with Gasteiger partial charge >= 0.3 is 0 Å². The Labute approximate surface area is 112 Å². The first-order valence-corrected chi connectivity index (χ1v) is 6.57. The molecule has 1 aliphatic rings. The lowest BCUT2D eigenvalue weighted by atomic mass is 9.72. The zero-order valence-corrected chi connectivity index (χ0v) is 10.7. The summed E-state index contributed by atoms with van der Waals surface area (Å²) >= 11 is 0. The maximum Gasteiger partial charge on any atom is 0.173 e. The Balaban J connectivity index is 2.24. The molecule has 2 nitrogen and oxygen atoms in total. The van der Waals surface area contributed by atoms with Crippen molar-refractivity contribution in [3.8, 4) is 0 Å². The van der Waals surface area contributed by atoms with Gasteiger partial charge in [-0.25, -0.2) is 0 Å². The third-order valence-electron chi connectivity index (χ3n) is 4.13. The Kier molecular flexibility index (Phi) is 2.96. The third-order valence-corrected chi connectivity index (χ3v) is 4.13. The van der Waals surface area contributed by atoms with Gasteiger partial charge in [-0.15, -0.1) is 0 Å². The fourth-order valence-corrected chi connectivity index (χ4v) is 3.22. The minimum Gasteiger partial charge on any atom is -0.389 e. The number of hydrogen-bond acceptors (Lipinski definition) is 2. The maximum atomic E-state index is 12.4. The number of aliphatic hydroxyl groups excluding tert-OH is 1. The SMILES string of the molecule is O=C(CO)[C@@]1(c2ccccc2)CCc2ccccc21. The molecule has 0 aliphatic heterocycles. The molecule has 0 bridgehead atoms. The lowest BCUT2D eigenvalue weighted by molar-refractivity contribution is -0.126. The fraction of sp³-hybridized carbons (Fsp3) is 0.235. The summed E-state index contributed by atoms with van der Waals surface area (Å²) in [6.07, 6.45) is 1.63. The van der Waals surface area contributed by atoms with E-state index in [-0.39, 0.29) is 5.78 Å². The van der Waals surface area contributed by atoms with Gasteiger partial charge in [0, 0.05) is 0 Å². The number of aryl methyl sites for hydroxylation is 1. The van der Waals surface area contributed by atoms with Crippen LogP contribution in [0.25, 0.3) is 0 Å². The molecule has 2 aromatic carbocycles. The van der Waals surface area contributed by atoms with Gasteiger partial charge in [0.05, 0.1) is 5.41 Å². The average molecular weight is 252 g/mol. The number of benzene rings is 2. The molecule has 2 aromatic rings. The normalized spacial score (nSPS) is 21.1. The van der Waals surface area contributed by atoms with Crippen molar-refractivity contribution < 1.29 is 9.90 Å². The minimum atomic E-state index is -0.660. The summed E-state index contributed by atoms with van der Waals surface area (Å²) in [4.78, 5) is 12.4. The van der Waals surface area contributed by atoms with E-state index in [9.17, 15) is 9.90 Å². The topological polar surface area (TPSA) is 37.3 Å². The van der Waals surface area contributed by atoms with Gasteiger partial charge in [-0.2, -0.15) is 0 Å². The van der Waals surface area contributed by atoms with Gasteiger partial charge in [0.25, 0.3) is 0 Å². The molecular formula is C17H16O2. The standard InChI is InChI=1S/C17H16O2/c18-12-16(19)17(14-7-2-1-3-8-14)11-10-13-6-4-5-9-15(13)17/h1-9,18H,10-12H2/t17-/m1/s1. The van der Waals surface area contributed by atoms with Crippen LogP contribution in [0.5, 0.6) is 0 Å². The first-order chi connectivity index (χ1) is 9.29. The highest BCUT2D eigenvalue weighted by Crippen LogP contribution is 2.44. The van der Waals surface area contributed by atoms with Crippen molar-refractivity contribution >= 4 is 5.78 Å². The predicted molar refractivity (Wildman–Crippen MR) is 74.1 cm³/mol. The molecule has 0 fully saturated rings. The van der Waals surface area contributed by atoms with E-state index < -0.39 is 12.0 Å². The summed E-state index contributed by atoms with van der Waals surface area (Å²) in [5, 5.41) is 9.40. The molecule has 1 atom stereocenters. The molecule has 0 aromatic heterocycles. The molecule has 0 unspecified atom stereocenters. The van der Waals surface area contributed by atoms with Crippen LogP contribution in [-0.4, -0.2) is 17.5 Å². The van der Waals surface area contributed by atoms with E-state index in [4.69, 9.17) is 0 Å². The number of carbonyl (C=O) groups excluding carboxylic acids is 1. The molecule has 96 valence electrons. The first kappa shape index (κ1) is 12.1. The Morgan fingerprint density at radius 1 is 1.05 bits per heavy atom. The number of ketones is 1.